The Morgan fingerprint density at radius 3 is 1.77 bits per heavy atom. The SMILES string of the molecule is C#C[C@@H](O[Si](C(C)C)(C(C)C)C(C)C)[C@H]1[C@@H](C)O[C@@H](C(C)(C)C)N1C(=O)OC(C)(C)C. The highest BCUT2D eigenvalue weighted by Crippen LogP contribution is 2.45. The van der Waals surface area contributed by atoms with Crippen molar-refractivity contribution >= 4 is 14.4 Å². The van der Waals surface area contributed by atoms with E-state index >= 15 is 0 Å². The number of carbonyl (C=O) groups excluding carboxylic acids is 1. The van der Waals surface area contributed by atoms with Crippen molar-refractivity contribution in [2.45, 2.75) is 137 Å². The zero-order chi connectivity index (χ0) is 24.5. The Bertz CT molecular complexity index is 632. The minimum absolute atomic E-state index is 0.268. The van der Waals surface area contributed by atoms with Crippen LogP contribution in [0.4, 0.5) is 4.79 Å². The third-order valence-electron chi connectivity index (χ3n) is 6.26. The zero-order valence-corrected chi connectivity index (χ0v) is 23.2. The molecule has 0 radical (unpaired) electrons. The predicted octanol–water partition coefficient (Wildman–Crippen LogP) is 6.58. The summed E-state index contributed by atoms with van der Waals surface area (Å²) >= 11 is 0. The molecule has 0 aromatic carbocycles. The molecule has 31 heavy (non-hydrogen) atoms. The minimum atomic E-state index is -2.26. The van der Waals surface area contributed by atoms with Gasteiger partial charge in [0, 0.05) is 5.41 Å². The maximum absolute atomic E-state index is 13.4. The first-order valence-electron chi connectivity index (χ1n) is 11.7. The summed E-state index contributed by atoms with van der Waals surface area (Å²) in [6.45, 7) is 27.2. The number of ether oxygens (including phenoxy) is 2. The highest BCUT2D eigenvalue weighted by Gasteiger charge is 2.55. The van der Waals surface area contributed by atoms with Gasteiger partial charge in [0.1, 0.15) is 24.0 Å². The summed E-state index contributed by atoms with van der Waals surface area (Å²) < 4.78 is 19.1. The fourth-order valence-electron chi connectivity index (χ4n) is 5.11. The average molecular weight is 454 g/mol. The van der Waals surface area contributed by atoms with Crippen LogP contribution < -0.4 is 0 Å². The monoisotopic (exact) mass is 453 g/mol. The van der Waals surface area contributed by atoms with E-state index in [1.54, 1.807) is 4.90 Å². The van der Waals surface area contributed by atoms with Crippen molar-refractivity contribution in [3.05, 3.63) is 0 Å². The lowest BCUT2D eigenvalue weighted by Gasteiger charge is -2.46. The van der Waals surface area contributed by atoms with Crippen molar-refractivity contribution in [3.63, 3.8) is 0 Å². The Labute approximate surface area is 192 Å². The van der Waals surface area contributed by atoms with Gasteiger partial charge in [-0.15, -0.1) is 6.42 Å². The van der Waals surface area contributed by atoms with E-state index in [1.165, 1.54) is 0 Å². The van der Waals surface area contributed by atoms with Crippen molar-refractivity contribution in [3.8, 4) is 12.3 Å². The van der Waals surface area contributed by atoms with Crippen LogP contribution in [0.1, 0.15) is 90.0 Å². The van der Waals surface area contributed by atoms with Gasteiger partial charge in [0.25, 0.3) is 0 Å². The summed E-state index contributed by atoms with van der Waals surface area (Å²) in [7, 11) is -2.26. The molecular formula is C25H47NO4Si. The summed E-state index contributed by atoms with van der Waals surface area (Å²) in [5, 5.41) is 0. The van der Waals surface area contributed by atoms with Crippen molar-refractivity contribution in [1.82, 2.24) is 4.90 Å². The molecule has 0 bridgehead atoms. The fraction of sp³-hybridized carbons (Fsp3) is 0.880. The summed E-state index contributed by atoms with van der Waals surface area (Å²) in [6.07, 6.45) is 4.40. The number of rotatable bonds is 6. The fourth-order valence-corrected chi connectivity index (χ4v) is 10.6. The second-order valence-electron chi connectivity index (χ2n) is 12.0. The first kappa shape index (κ1) is 28.0. The van der Waals surface area contributed by atoms with Gasteiger partial charge in [0.15, 0.2) is 0 Å². The van der Waals surface area contributed by atoms with E-state index < -0.39 is 38.4 Å². The van der Waals surface area contributed by atoms with Crippen LogP contribution in [0.3, 0.4) is 0 Å². The van der Waals surface area contributed by atoms with E-state index in [4.69, 9.17) is 20.3 Å². The van der Waals surface area contributed by atoms with Crippen LogP contribution in [0, 0.1) is 17.8 Å². The summed E-state index contributed by atoms with van der Waals surface area (Å²) in [6, 6.07) is -0.410. The highest BCUT2D eigenvalue weighted by atomic mass is 28.4. The van der Waals surface area contributed by atoms with Crippen LogP contribution in [0.5, 0.6) is 0 Å². The molecule has 1 rings (SSSR count). The summed E-state index contributed by atoms with van der Waals surface area (Å²) in [5.74, 6) is 2.90. The lowest BCUT2D eigenvalue weighted by atomic mass is 9.93. The second kappa shape index (κ2) is 9.85. The Balaban J connectivity index is 3.49. The Kier molecular flexibility index (Phi) is 8.89. The Hall–Kier alpha value is -1.03. The molecular weight excluding hydrogens is 406 g/mol. The van der Waals surface area contributed by atoms with E-state index in [0.29, 0.717) is 16.6 Å². The maximum atomic E-state index is 13.4. The second-order valence-corrected chi connectivity index (χ2v) is 17.4. The van der Waals surface area contributed by atoms with Gasteiger partial charge >= 0.3 is 6.09 Å². The molecule has 0 unspecified atom stereocenters. The molecule has 0 aliphatic carbocycles. The molecule has 0 aromatic heterocycles. The molecule has 1 saturated heterocycles. The molecule has 5 nitrogen and oxygen atoms in total. The van der Waals surface area contributed by atoms with Crippen molar-refractivity contribution in [2.75, 3.05) is 0 Å². The number of hydrogen-bond acceptors (Lipinski definition) is 4. The third-order valence-corrected chi connectivity index (χ3v) is 12.3. The Morgan fingerprint density at radius 1 is 1.00 bits per heavy atom. The van der Waals surface area contributed by atoms with Crippen LogP contribution in [0.15, 0.2) is 0 Å². The Morgan fingerprint density at radius 2 is 1.45 bits per heavy atom. The topological polar surface area (TPSA) is 48.0 Å². The van der Waals surface area contributed by atoms with Crippen LogP contribution >= 0.6 is 0 Å². The lowest BCUT2D eigenvalue weighted by molar-refractivity contribution is -0.0710. The van der Waals surface area contributed by atoms with Gasteiger partial charge in [-0.1, -0.05) is 68.2 Å². The third kappa shape index (κ3) is 6.06. The minimum Gasteiger partial charge on any atom is -0.444 e. The number of carbonyl (C=O) groups is 1. The molecule has 0 N–H and O–H groups in total. The molecule has 0 saturated carbocycles. The molecule has 1 aliphatic rings. The molecule has 6 heteroatoms. The predicted molar refractivity (Wildman–Crippen MR) is 130 cm³/mol. The van der Waals surface area contributed by atoms with E-state index in [1.807, 2.05) is 27.7 Å². The molecule has 1 aliphatic heterocycles. The van der Waals surface area contributed by atoms with Crippen molar-refractivity contribution in [1.29, 1.82) is 0 Å². The maximum Gasteiger partial charge on any atom is 0.412 e. The van der Waals surface area contributed by atoms with E-state index in [-0.39, 0.29) is 11.5 Å². The van der Waals surface area contributed by atoms with E-state index in [0.717, 1.165) is 0 Å². The van der Waals surface area contributed by atoms with Crippen LogP contribution in [0.2, 0.25) is 16.6 Å². The summed E-state index contributed by atoms with van der Waals surface area (Å²) in [4.78, 5) is 15.1. The zero-order valence-electron chi connectivity index (χ0n) is 22.2. The number of terminal acetylenes is 1. The van der Waals surface area contributed by atoms with Gasteiger partial charge in [0.2, 0.25) is 8.32 Å². The number of nitrogens with zero attached hydrogens (tertiary/aromatic N) is 1. The van der Waals surface area contributed by atoms with Gasteiger partial charge in [-0.2, -0.15) is 0 Å². The first-order valence-corrected chi connectivity index (χ1v) is 13.8. The molecule has 180 valence electrons. The van der Waals surface area contributed by atoms with Crippen LogP contribution in [-0.4, -0.2) is 49.4 Å². The van der Waals surface area contributed by atoms with Gasteiger partial charge < -0.3 is 13.9 Å². The van der Waals surface area contributed by atoms with Gasteiger partial charge in [0.05, 0.1) is 6.10 Å². The van der Waals surface area contributed by atoms with E-state index in [2.05, 4.69) is 68.2 Å². The average Bonchev–Trinajstić information content (AvgIpc) is 2.91. The first-order chi connectivity index (χ1) is 13.9. The molecule has 4 atom stereocenters. The molecule has 1 amide bonds. The smallest absolute Gasteiger partial charge is 0.412 e. The number of hydrogen-bond donors (Lipinski definition) is 0. The molecule has 0 spiro atoms. The quantitative estimate of drug-likeness (QED) is 0.337. The highest BCUT2D eigenvalue weighted by molar-refractivity contribution is 6.77. The standard InChI is InChI=1S/C25H47NO4Si/c1-15-20(30-31(16(2)3,17(4)5)18(6)7)21-19(8)28-22(24(9,10)11)26(21)23(27)29-25(12,13)14/h1,16-22H,2-14H3/t19-,20-,21-,22+/m1/s1. The van der Waals surface area contributed by atoms with E-state index in [9.17, 15) is 4.79 Å². The van der Waals surface area contributed by atoms with Crippen molar-refractivity contribution < 1.29 is 18.7 Å². The lowest BCUT2D eigenvalue weighted by Crippen LogP contribution is -2.58. The largest absolute Gasteiger partial charge is 0.444 e. The molecule has 0 aromatic rings. The van der Waals surface area contributed by atoms with Crippen LogP contribution in [-0.2, 0) is 13.9 Å². The normalized spacial score (nSPS) is 24.1. The number of amides is 1. The van der Waals surface area contributed by atoms with Gasteiger partial charge in [-0.25, -0.2) is 4.79 Å². The van der Waals surface area contributed by atoms with Gasteiger partial charge in [-0.05, 0) is 44.3 Å². The van der Waals surface area contributed by atoms with Crippen LogP contribution in [0.25, 0.3) is 0 Å². The van der Waals surface area contributed by atoms with Crippen molar-refractivity contribution in [2.24, 2.45) is 5.41 Å². The molecule has 1 fully saturated rings. The summed E-state index contributed by atoms with van der Waals surface area (Å²) in [5.41, 5.74) is 0.231. The molecule has 1 heterocycles. The van der Waals surface area contributed by atoms with Gasteiger partial charge in [-0.3, -0.25) is 4.90 Å².